The van der Waals surface area contributed by atoms with E-state index in [0.717, 1.165) is 18.5 Å². The van der Waals surface area contributed by atoms with Crippen LogP contribution < -0.4 is 10.5 Å². The van der Waals surface area contributed by atoms with Crippen LogP contribution in [0.1, 0.15) is 24.2 Å². The Labute approximate surface area is 107 Å². The Kier molecular flexibility index (Phi) is 3.81. The molecule has 0 unspecified atom stereocenters. The summed E-state index contributed by atoms with van der Waals surface area (Å²) in [5, 5.41) is 0. The highest BCUT2D eigenvalue weighted by atomic mass is 16.5. The van der Waals surface area contributed by atoms with Crippen LogP contribution in [0, 0.1) is 6.92 Å². The topological polar surface area (TPSA) is 68.5 Å². The molecule has 5 nitrogen and oxygen atoms in total. The molecule has 1 aromatic heterocycles. The van der Waals surface area contributed by atoms with Gasteiger partial charge in [0, 0.05) is 25.3 Å². The summed E-state index contributed by atoms with van der Waals surface area (Å²) in [6, 6.07) is 4.07. The van der Waals surface area contributed by atoms with Gasteiger partial charge in [-0.3, -0.25) is 9.78 Å². The van der Waals surface area contributed by atoms with Crippen molar-refractivity contribution in [2.75, 3.05) is 13.7 Å². The fraction of sp³-hybridized carbons (Fsp3) is 0.538. The van der Waals surface area contributed by atoms with Crippen LogP contribution in [0.15, 0.2) is 12.1 Å². The number of nitrogens with zero attached hydrogens (tertiary/aromatic N) is 2. The number of aromatic nitrogens is 1. The van der Waals surface area contributed by atoms with Crippen LogP contribution in [-0.2, 0) is 11.3 Å². The van der Waals surface area contributed by atoms with Gasteiger partial charge in [0.15, 0.2) is 6.61 Å². The minimum absolute atomic E-state index is 0.000969. The van der Waals surface area contributed by atoms with Gasteiger partial charge in [0.2, 0.25) is 0 Å². The standard InChI is InChI=1S/C13H19N3O2/c1-9-3-6-12(11(7-14)15-9)18-8-13(17)16(2)10-4-5-10/h3,6,10H,4-5,7-8,14H2,1-2H3. The normalized spacial score (nSPS) is 14.4. The Bertz CT molecular complexity index is 444. The fourth-order valence-corrected chi connectivity index (χ4v) is 1.78. The first kappa shape index (κ1) is 12.8. The lowest BCUT2D eigenvalue weighted by atomic mass is 10.3. The van der Waals surface area contributed by atoms with Crippen molar-refractivity contribution in [1.29, 1.82) is 0 Å². The van der Waals surface area contributed by atoms with Crippen LogP contribution in [0.2, 0.25) is 0 Å². The van der Waals surface area contributed by atoms with Gasteiger partial charge in [-0.25, -0.2) is 0 Å². The number of nitrogens with two attached hydrogens (primary N) is 1. The van der Waals surface area contributed by atoms with Gasteiger partial charge in [-0.05, 0) is 31.9 Å². The monoisotopic (exact) mass is 249 g/mol. The zero-order valence-electron chi connectivity index (χ0n) is 10.8. The van der Waals surface area contributed by atoms with E-state index < -0.39 is 0 Å². The second-order valence-electron chi connectivity index (χ2n) is 4.63. The third kappa shape index (κ3) is 2.98. The van der Waals surface area contributed by atoms with E-state index in [1.807, 2.05) is 26.1 Å². The lowest BCUT2D eigenvalue weighted by Crippen LogP contribution is -2.33. The quantitative estimate of drug-likeness (QED) is 0.840. The molecule has 2 N–H and O–H groups in total. The minimum Gasteiger partial charge on any atom is -0.482 e. The van der Waals surface area contributed by atoms with Gasteiger partial charge < -0.3 is 15.4 Å². The zero-order chi connectivity index (χ0) is 13.1. The van der Waals surface area contributed by atoms with Crippen molar-refractivity contribution in [1.82, 2.24) is 9.88 Å². The number of ether oxygens (including phenoxy) is 1. The molecule has 1 amide bonds. The van der Waals surface area contributed by atoms with Gasteiger partial charge in [0.05, 0.1) is 5.69 Å². The number of hydrogen-bond acceptors (Lipinski definition) is 4. The molecule has 5 heteroatoms. The number of rotatable bonds is 5. The number of aryl methyl sites for hydroxylation is 1. The molecule has 1 heterocycles. The lowest BCUT2D eigenvalue weighted by Gasteiger charge is -2.17. The molecule has 1 aromatic rings. The number of amides is 1. The molecule has 98 valence electrons. The molecule has 18 heavy (non-hydrogen) atoms. The van der Waals surface area contributed by atoms with E-state index in [-0.39, 0.29) is 12.5 Å². The average Bonchev–Trinajstić information content (AvgIpc) is 3.20. The number of likely N-dealkylation sites (N-methyl/N-ethyl adjacent to an activating group) is 1. The third-order valence-corrected chi connectivity index (χ3v) is 3.10. The molecule has 1 saturated carbocycles. The Balaban J connectivity index is 1.94. The maximum Gasteiger partial charge on any atom is 0.260 e. The van der Waals surface area contributed by atoms with E-state index in [1.54, 1.807) is 4.90 Å². The number of pyridine rings is 1. The second kappa shape index (κ2) is 5.35. The maximum absolute atomic E-state index is 11.8. The smallest absolute Gasteiger partial charge is 0.260 e. The van der Waals surface area contributed by atoms with Crippen LogP contribution in [0.5, 0.6) is 5.75 Å². The van der Waals surface area contributed by atoms with E-state index in [9.17, 15) is 4.79 Å². The molecule has 2 rings (SSSR count). The summed E-state index contributed by atoms with van der Waals surface area (Å²) in [5.74, 6) is 0.599. The number of hydrogen-bond donors (Lipinski definition) is 1. The van der Waals surface area contributed by atoms with Crippen LogP contribution in [0.4, 0.5) is 0 Å². The van der Waals surface area contributed by atoms with Gasteiger partial charge in [0.1, 0.15) is 5.75 Å². The summed E-state index contributed by atoms with van der Waals surface area (Å²) >= 11 is 0. The molecular weight excluding hydrogens is 230 g/mol. The summed E-state index contributed by atoms with van der Waals surface area (Å²) in [6.45, 7) is 2.25. The van der Waals surface area contributed by atoms with Gasteiger partial charge >= 0.3 is 0 Å². The molecule has 1 fully saturated rings. The van der Waals surface area contributed by atoms with Crippen LogP contribution in [0.3, 0.4) is 0 Å². The zero-order valence-corrected chi connectivity index (χ0v) is 10.8. The number of carbonyl (C=O) groups excluding carboxylic acids is 1. The van der Waals surface area contributed by atoms with Crippen molar-refractivity contribution in [3.05, 3.63) is 23.5 Å². The van der Waals surface area contributed by atoms with Crippen molar-refractivity contribution in [2.45, 2.75) is 32.4 Å². The highest BCUT2D eigenvalue weighted by molar-refractivity contribution is 5.78. The molecule has 0 spiro atoms. The summed E-state index contributed by atoms with van der Waals surface area (Å²) in [7, 11) is 1.82. The van der Waals surface area contributed by atoms with Crippen molar-refractivity contribution in [3.8, 4) is 5.75 Å². The maximum atomic E-state index is 11.8. The second-order valence-corrected chi connectivity index (χ2v) is 4.63. The van der Waals surface area contributed by atoms with E-state index in [4.69, 9.17) is 10.5 Å². The summed E-state index contributed by atoms with van der Waals surface area (Å²) in [4.78, 5) is 17.9. The number of carbonyl (C=O) groups is 1. The Morgan fingerprint density at radius 2 is 2.28 bits per heavy atom. The first-order valence-corrected chi connectivity index (χ1v) is 6.17. The lowest BCUT2D eigenvalue weighted by molar-refractivity contribution is -0.132. The SMILES string of the molecule is Cc1ccc(OCC(=O)N(C)C2CC2)c(CN)n1. The molecule has 0 aliphatic heterocycles. The van der Waals surface area contributed by atoms with Crippen molar-refractivity contribution in [3.63, 3.8) is 0 Å². The molecule has 1 aliphatic rings. The molecular formula is C13H19N3O2. The average molecular weight is 249 g/mol. The van der Waals surface area contributed by atoms with Gasteiger partial charge in [-0.2, -0.15) is 0 Å². The van der Waals surface area contributed by atoms with E-state index in [2.05, 4.69) is 4.98 Å². The van der Waals surface area contributed by atoms with Gasteiger partial charge in [0.25, 0.3) is 5.91 Å². The summed E-state index contributed by atoms with van der Waals surface area (Å²) in [6.07, 6.45) is 2.20. The van der Waals surface area contributed by atoms with Crippen LogP contribution in [-0.4, -0.2) is 35.5 Å². The van der Waals surface area contributed by atoms with Crippen molar-refractivity contribution in [2.24, 2.45) is 5.73 Å². The molecule has 0 radical (unpaired) electrons. The minimum atomic E-state index is 0.000969. The van der Waals surface area contributed by atoms with Gasteiger partial charge in [-0.15, -0.1) is 0 Å². The molecule has 0 bridgehead atoms. The first-order chi connectivity index (χ1) is 8.61. The highest BCUT2D eigenvalue weighted by Crippen LogP contribution is 2.25. The Morgan fingerprint density at radius 1 is 1.56 bits per heavy atom. The van der Waals surface area contributed by atoms with Crippen molar-refractivity contribution >= 4 is 5.91 Å². The molecule has 1 aliphatic carbocycles. The summed E-state index contributed by atoms with van der Waals surface area (Å²) < 4.78 is 5.51. The van der Waals surface area contributed by atoms with Crippen LogP contribution in [0.25, 0.3) is 0 Å². The molecule has 0 saturated heterocycles. The Morgan fingerprint density at radius 3 is 2.89 bits per heavy atom. The molecule has 0 aromatic carbocycles. The largest absolute Gasteiger partial charge is 0.482 e. The van der Waals surface area contributed by atoms with E-state index in [1.165, 1.54) is 0 Å². The highest BCUT2D eigenvalue weighted by Gasteiger charge is 2.29. The van der Waals surface area contributed by atoms with Crippen molar-refractivity contribution < 1.29 is 9.53 Å². The Hall–Kier alpha value is -1.62. The fourth-order valence-electron chi connectivity index (χ4n) is 1.78. The van der Waals surface area contributed by atoms with Crippen LogP contribution >= 0.6 is 0 Å². The van der Waals surface area contributed by atoms with E-state index >= 15 is 0 Å². The predicted octanol–water partition coefficient (Wildman–Crippen LogP) is 0.848. The summed E-state index contributed by atoms with van der Waals surface area (Å²) in [5.41, 5.74) is 7.19. The van der Waals surface area contributed by atoms with Gasteiger partial charge in [-0.1, -0.05) is 0 Å². The first-order valence-electron chi connectivity index (χ1n) is 6.17. The predicted molar refractivity (Wildman–Crippen MR) is 68.2 cm³/mol. The van der Waals surface area contributed by atoms with E-state index in [0.29, 0.717) is 24.0 Å². The molecule has 0 atom stereocenters. The third-order valence-electron chi connectivity index (χ3n) is 3.10.